The van der Waals surface area contributed by atoms with Crippen LogP contribution in [-0.4, -0.2) is 4.98 Å². The second-order valence-corrected chi connectivity index (χ2v) is 4.95. The Labute approximate surface area is 119 Å². The van der Waals surface area contributed by atoms with Crippen molar-refractivity contribution in [2.75, 3.05) is 5.73 Å². The smallest absolute Gasteiger partial charge is 0.398 e. The van der Waals surface area contributed by atoms with Crippen LogP contribution >= 0.6 is 0 Å². The van der Waals surface area contributed by atoms with E-state index in [4.69, 9.17) is 5.73 Å². The highest BCUT2D eigenvalue weighted by atomic mass is 19.4. The van der Waals surface area contributed by atoms with Gasteiger partial charge in [0.2, 0.25) is 0 Å². The van der Waals surface area contributed by atoms with Gasteiger partial charge in [-0.3, -0.25) is 0 Å². The second-order valence-electron chi connectivity index (χ2n) is 4.95. The number of nitrogens with one attached hydrogen (secondary N) is 1. The lowest BCUT2D eigenvalue weighted by atomic mass is 10.0. The van der Waals surface area contributed by atoms with Crippen molar-refractivity contribution in [3.8, 4) is 0 Å². The number of aromatic nitrogens is 1. The molecule has 3 aromatic rings. The van der Waals surface area contributed by atoms with E-state index in [1.165, 1.54) is 12.1 Å². The molecule has 0 bridgehead atoms. The van der Waals surface area contributed by atoms with E-state index in [0.29, 0.717) is 23.0 Å². The summed E-state index contributed by atoms with van der Waals surface area (Å²) in [7, 11) is 0. The quantitative estimate of drug-likeness (QED) is 0.676. The van der Waals surface area contributed by atoms with Crippen LogP contribution in [0.3, 0.4) is 0 Å². The first-order valence-electron chi connectivity index (χ1n) is 6.46. The topological polar surface area (TPSA) is 41.8 Å². The summed E-state index contributed by atoms with van der Waals surface area (Å²) in [5, 5.41) is 0.577. The van der Waals surface area contributed by atoms with Crippen molar-refractivity contribution in [2.24, 2.45) is 0 Å². The molecule has 0 spiro atoms. The lowest BCUT2D eigenvalue weighted by molar-refractivity contribution is -0.137. The molecule has 5 heteroatoms. The molecule has 2 aromatic carbocycles. The van der Waals surface area contributed by atoms with E-state index in [-0.39, 0.29) is 0 Å². The minimum absolute atomic E-state index is 0.494. The van der Waals surface area contributed by atoms with Crippen LogP contribution in [0.15, 0.2) is 48.7 Å². The first kappa shape index (κ1) is 13.5. The Hall–Kier alpha value is -2.43. The normalized spacial score (nSPS) is 12.0. The Morgan fingerprint density at radius 2 is 1.76 bits per heavy atom. The minimum Gasteiger partial charge on any atom is -0.398 e. The van der Waals surface area contributed by atoms with Gasteiger partial charge >= 0.3 is 6.18 Å². The van der Waals surface area contributed by atoms with E-state index in [1.54, 1.807) is 12.3 Å². The van der Waals surface area contributed by atoms with Gasteiger partial charge in [0.15, 0.2) is 0 Å². The first-order valence-corrected chi connectivity index (χ1v) is 6.46. The number of para-hydroxylation sites is 1. The molecule has 0 unspecified atom stereocenters. The summed E-state index contributed by atoms with van der Waals surface area (Å²) in [6.45, 7) is 0. The van der Waals surface area contributed by atoms with Crippen LogP contribution in [0.2, 0.25) is 0 Å². The van der Waals surface area contributed by atoms with E-state index < -0.39 is 11.7 Å². The predicted molar refractivity (Wildman–Crippen MR) is 77.0 cm³/mol. The third-order valence-electron chi connectivity index (χ3n) is 3.53. The fourth-order valence-electron chi connectivity index (χ4n) is 2.40. The highest BCUT2D eigenvalue weighted by Crippen LogP contribution is 2.33. The maximum absolute atomic E-state index is 12.8. The maximum Gasteiger partial charge on any atom is 0.416 e. The zero-order chi connectivity index (χ0) is 15.0. The van der Waals surface area contributed by atoms with E-state index in [2.05, 4.69) is 4.98 Å². The van der Waals surface area contributed by atoms with Crippen LogP contribution < -0.4 is 5.73 Å². The van der Waals surface area contributed by atoms with Crippen molar-refractivity contribution in [2.45, 2.75) is 12.6 Å². The van der Waals surface area contributed by atoms with Gasteiger partial charge in [-0.15, -0.1) is 0 Å². The molecule has 21 heavy (non-hydrogen) atoms. The van der Waals surface area contributed by atoms with E-state index >= 15 is 0 Å². The molecule has 0 aliphatic carbocycles. The predicted octanol–water partition coefficient (Wildman–Crippen LogP) is 4.36. The number of benzene rings is 2. The monoisotopic (exact) mass is 290 g/mol. The number of aromatic amines is 1. The molecule has 0 saturated heterocycles. The van der Waals surface area contributed by atoms with Crippen LogP contribution in [0.25, 0.3) is 10.9 Å². The number of H-pyrrole nitrogens is 1. The molecule has 3 rings (SSSR count). The molecule has 0 aliphatic rings. The third-order valence-corrected chi connectivity index (χ3v) is 3.53. The summed E-state index contributed by atoms with van der Waals surface area (Å²) in [4.78, 5) is 3.00. The molecule has 1 heterocycles. The summed E-state index contributed by atoms with van der Waals surface area (Å²) in [5.41, 5.74) is 8.27. The molecule has 0 amide bonds. The third kappa shape index (κ3) is 2.59. The average molecular weight is 290 g/mol. The van der Waals surface area contributed by atoms with Gasteiger partial charge in [-0.25, -0.2) is 0 Å². The van der Waals surface area contributed by atoms with Crippen LogP contribution in [0, 0.1) is 0 Å². The Kier molecular flexibility index (Phi) is 3.12. The molecular weight excluding hydrogens is 277 g/mol. The van der Waals surface area contributed by atoms with Gasteiger partial charge in [0, 0.05) is 29.2 Å². The number of rotatable bonds is 2. The molecule has 108 valence electrons. The largest absolute Gasteiger partial charge is 0.416 e. The minimum atomic E-state index is -4.34. The molecule has 0 aliphatic heterocycles. The summed E-state index contributed by atoms with van der Waals surface area (Å²) in [5.74, 6) is 0. The summed E-state index contributed by atoms with van der Waals surface area (Å²) in [6.07, 6.45) is -2.11. The van der Waals surface area contributed by atoms with Crippen LogP contribution in [0.5, 0.6) is 0 Å². The zero-order valence-electron chi connectivity index (χ0n) is 11.0. The van der Waals surface area contributed by atoms with Gasteiger partial charge in [-0.1, -0.05) is 18.2 Å². The van der Waals surface area contributed by atoms with Gasteiger partial charge < -0.3 is 10.7 Å². The number of hydrogen-bond donors (Lipinski definition) is 2. The number of nitrogens with two attached hydrogens (primary N) is 1. The van der Waals surface area contributed by atoms with E-state index in [9.17, 15) is 13.2 Å². The lowest BCUT2D eigenvalue weighted by Gasteiger charge is -2.08. The number of fused-ring (bicyclic) bond motifs is 1. The zero-order valence-corrected chi connectivity index (χ0v) is 11.0. The van der Waals surface area contributed by atoms with Gasteiger partial charge in [-0.2, -0.15) is 13.2 Å². The van der Waals surface area contributed by atoms with Crippen LogP contribution in [0.4, 0.5) is 18.9 Å². The van der Waals surface area contributed by atoms with Crippen LogP contribution in [0.1, 0.15) is 16.7 Å². The number of hydrogen-bond acceptors (Lipinski definition) is 1. The van der Waals surface area contributed by atoms with Crippen LogP contribution in [-0.2, 0) is 12.6 Å². The first-order chi connectivity index (χ1) is 9.95. The number of alkyl halides is 3. The maximum atomic E-state index is 12.8. The van der Waals surface area contributed by atoms with Crippen molar-refractivity contribution >= 4 is 16.6 Å². The molecule has 2 nitrogen and oxygen atoms in total. The van der Waals surface area contributed by atoms with Crippen molar-refractivity contribution in [1.29, 1.82) is 0 Å². The van der Waals surface area contributed by atoms with Crippen molar-refractivity contribution < 1.29 is 13.2 Å². The van der Waals surface area contributed by atoms with Crippen molar-refractivity contribution in [1.82, 2.24) is 4.98 Å². The SMILES string of the molecule is Nc1ccccc1Cc1c[nH]c2ccc(C(F)(F)F)cc12. The van der Waals surface area contributed by atoms with Crippen molar-refractivity contribution in [3.63, 3.8) is 0 Å². The second kappa shape index (κ2) is 4.84. The van der Waals surface area contributed by atoms with Gasteiger partial charge in [-0.05, 0) is 35.4 Å². The van der Waals surface area contributed by atoms with Gasteiger partial charge in [0.25, 0.3) is 0 Å². The molecule has 0 saturated carbocycles. The molecule has 1 aromatic heterocycles. The average Bonchev–Trinajstić information content (AvgIpc) is 2.83. The summed E-state index contributed by atoms with van der Waals surface area (Å²) >= 11 is 0. The Morgan fingerprint density at radius 1 is 1.00 bits per heavy atom. The molecule has 0 atom stereocenters. The summed E-state index contributed by atoms with van der Waals surface area (Å²) < 4.78 is 38.4. The van der Waals surface area contributed by atoms with E-state index in [1.807, 2.05) is 18.2 Å². The fourth-order valence-corrected chi connectivity index (χ4v) is 2.40. The Balaban J connectivity index is 2.05. The van der Waals surface area contributed by atoms with Gasteiger partial charge in [0.05, 0.1) is 5.56 Å². The standard InChI is InChI=1S/C16H13F3N2/c17-16(18,19)12-5-6-15-13(8-12)11(9-21-15)7-10-3-1-2-4-14(10)20/h1-6,8-9,21H,7,20H2. The number of nitrogen functional groups attached to an aromatic ring is 1. The van der Waals surface area contributed by atoms with Gasteiger partial charge in [0.1, 0.15) is 0 Å². The molecule has 3 N–H and O–H groups in total. The highest BCUT2D eigenvalue weighted by Gasteiger charge is 2.30. The Morgan fingerprint density at radius 3 is 2.48 bits per heavy atom. The lowest BCUT2D eigenvalue weighted by Crippen LogP contribution is -2.04. The highest BCUT2D eigenvalue weighted by molar-refractivity contribution is 5.84. The molecular formula is C16H13F3N2. The fraction of sp³-hybridized carbons (Fsp3) is 0.125. The number of anilines is 1. The molecule has 0 radical (unpaired) electrons. The van der Waals surface area contributed by atoms with Crippen molar-refractivity contribution in [3.05, 3.63) is 65.4 Å². The van der Waals surface area contributed by atoms with E-state index in [0.717, 1.165) is 17.2 Å². The summed E-state index contributed by atoms with van der Waals surface area (Å²) in [6, 6.07) is 11.1. The molecule has 0 fully saturated rings. The Bertz CT molecular complexity index is 788. The number of halogens is 3.